The number of hydrogen-bond acceptors (Lipinski definition) is 3. The number of benzene rings is 1. The third-order valence-electron chi connectivity index (χ3n) is 2.21. The van der Waals surface area contributed by atoms with Crippen LogP contribution in [0.15, 0.2) is 41.0 Å². The number of hydrogen-bond donors (Lipinski definition) is 1. The van der Waals surface area contributed by atoms with Crippen molar-refractivity contribution in [2.75, 3.05) is 13.6 Å². The predicted octanol–water partition coefficient (Wildman–Crippen LogP) is 1.29. The molecular formula is C11H13N3. The fourth-order valence-corrected chi connectivity index (χ4v) is 1.43. The van der Waals surface area contributed by atoms with E-state index in [9.17, 15) is 0 Å². The van der Waals surface area contributed by atoms with E-state index < -0.39 is 0 Å². The van der Waals surface area contributed by atoms with Crippen LogP contribution >= 0.6 is 0 Å². The molecule has 1 aliphatic rings. The quantitative estimate of drug-likeness (QED) is 0.719. The fraction of sp³-hybridized carbons (Fsp3) is 0.182. The number of rotatable bonds is 1. The van der Waals surface area contributed by atoms with Crippen molar-refractivity contribution in [3.63, 3.8) is 0 Å². The first-order valence-corrected chi connectivity index (χ1v) is 4.56. The van der Waals surface area contributed by atoms with Gasteiger partial charge in [-0.1, -0.05) is 30.3 Å². The molecule has 3 heteroatoms. The molecule has 72 valence electrons. The van der Waals surface area contributed by atoms with Crippen LogP contribution < -0.4 is 5.73 Å². The molecule has 0 saturated carbocycles. The van der Waals surface area contributed by atoms with Gasteiger partial charge in [-0.3, -0.25) is 0 Å². The molecule has 0 aliphatic carbocycles. The van der Waals surface area contributed by atoms with Crippen molar-refractivity contribution in [3.05, 3.63) is 41.6 Å². The molecule has 0 atom stereocenters. The Morgan fingerprint density at radius 2 is 2.07 bits per heavy atom. The summed E-state index contributed by atoms with van der Waals surface area (Å²) in [6.45, 7) is 0.792. The molecule has 0 amide bonds. The maximum atomic E-state index is 6.00. The molecule has 0 radical (unpaired) electrons. The lowest BCUT2D eigenvalue weighted by Crippen LogP contribution is -2.13. The average molecular weight is 187 g/mol. The molecule has 0 saturated heterocycles. The van der Waals surface area contributed by atoms with E-state index in [1.165, 1.54) is 0 Å². The summed E-state index contributed by atoms with van der Waals surface area (Å²) in [6, 6.07) is 9.92. The molecule has 1 heterocycles. The van der Waals surface area contributed by atoms with E-state index in [1.54, 1.807) is 6.34 Å². The Morgan fingerprint density at radius 3 is 2.64 bits per heavy atom. The summed E-state index contributed by atoms with van der Waals surface area (Å²) in [7, 11) is 1.98. The predicted molar refractivity (Wildman–Crippen MR) is 58.7 cm³/mol. The normalized spacial score (nSPS) is 18.8. The summed E-state index contributed by atoms with van der Waals surface area (Å²) < 4.78 is 0. The molecule has 0 spiro atoms. The van der Waals surface area contributed by atoms with Gasteiger partial charge in [0.2, 0.25) is 0 Å². The van der Waals surface area contributed by atoms with Crippen molar-refractivity contribution in [2.45, 2.75) is 0 Å². The maximum absolute atomic E-state index is 6.00. The molecule has 0 bridgehead atoms. The molecule has 2 rings (SSSR count). The van der Waals surface area contributed by atoms with Crippen LogP contribution in [0, 0.1) is 0 Å². The number of likely N-dealkylation sites (N-methyl/N-ethyl adjacent to an activating group) is 1. The first kappa shape index (κ1) is 8.81. The Labute approximate surface area is 83.6 Å². The summed E-state index contributed by atoms with van der Waals surface area (Å²) in [6.07, 6.45) is 1.80. The van der Waals surface area contributed by atoms with E-state index in [1.807, 2.05) is 42.3 Å². The highest BCUT2D eigenvalue weighted by atomic mass is 15.2. The van der Waals surface area contributed by atoms with Gasteiger partial charge in [-0.2, -0.15) is 0 Å². The second kappa shape index (κ2) is 3.54. The molecule has 1 aromatic carbocycles. The molecular weight excluding hydrogens is 174 g/mol. The Bertz CT molecular complexity index is 379. The Kier molecular flexibility index (Phi) is 2.23. The fourth-order valence-electron chi connectivity index (χ4n) is 1.43. The molecule has 14 heavy (non-hydrogen) atoms. The number of nitrogens with zero attached hydrogens (tertiary/aromatic N) is 2. The van der Waals surface area contributed by atoms with Crippen LogP contribution in [0.4, 0.5) is 0 Å². The van der Waals surface area contributed by atoms with Gasteiger partial charge in [0, 0.05) is 7.05 Å². The van der Waals surface area contributed by atoms with Crippen LogP contribution in [0.3, 0.4) is 0 Å². The minimum atomic E-state index is 0.770. The van der Waals surface area contributed by atoms with Crippen LogP contribution in [-0.4, -0.2) is 24.8 Å². The summed E-state index contributed by atoms with van der Waals surface area (Å²) in [5, 5.41) is 0. The maximum Gasteiger partial charge on any atom is 0.0911 e. The third kappa shape index (κ3) is 1.62. The lowest BCUT2D eigenvalue weighted by molar-refractivity contribution is 0.592. The Balaban J connectivity index is 2.32. The van der Waals surface area contributed by atoms with Crippen LogP contribution in [-0.2, 0) is 0 Å². The standard InChI is InChI=1S/C11H13N3/c1-14-7-10(13-8-14)11(12)9-5-3-2-4-6-9/h2-6,8H,7,12H2,1H3/b11-10+. The smallest absolute Gasteiger partial charge is 0.0911 e. The second-order valence-corrected chi connectivity index (χ2v) is 3.39. The number of aliphatic imine (C=N–C) groups is 1. The van der Waals surface area contributed by atoms with E-state index in [0.29, 0.717) is 0 Å². The van der Waals surface area contributed by atoms with Gasteiger partial charge in [0.05, 0.1) is 24.3 Å². The van der Waals surface area contributed by atoms with E-state index in [-0.39, 0.29) is 0 Å². The first-order chi connectivity index (χ1) is 6.77. The zero-order chi connectivity index (χ0) is 9.97. The summed E-state index contributed by atoms with van der Waals surface area (Å²) in [4.78, 5) is 6.25. The Morgan fingerprint density at radius 1 is 1.36 bits per heavy atom. The van der Waals surface area contributed by atoms with E-state index in [2.05, 4.69) is 4.99 Å². The molecule has 1 aromatic rings. The zero-order valence-electron chi connectivity index (χ0n) is 8.14. The van der Waals surface area contributed by atoms with Gasteiger partial charge < -0.3 is 10.6 Å². The SMILES string of the molecule is CN1C=N/C(=C(/N)c2ccccc2)C1. The highest BCUT2D eigenvalue weighted by molar-refractivity contribution is 5.72. The second-order valence-electron chi connectivity index (χ2n) is 3.39. The van der Waals surface area contributed by atoms with Gasteiger partial charge in [-0.05, 0) is 5.56 Å². The molecule has 1 aliphatic heterocycles. The van der Waals surface area contributed by atoms with Crippen molar-refractivity contribution in [3.8, 4) is 0 Å². The molecule has 0 unspecified atom stereocenters. The highest BCUT2D eigenvalue weighted by Crippen LogP contribution is 2.17. The van der Waals surface area contributed by atoms with Gasteiger partial charge in [0.1, 0.15) is 0 Å². The van der Waals surface area contributed by atoms with E-state index in [0.717, 1.165) is 23.5 Å². The van der Waals surface area contributed by atoms with Crippen LogP contribution in [0.25, 0.3) is 5.70 Å². The summed E-state index contributed by atoms with van der Waals surface area (Å²) in [5.74, 6) is 0. The highest BCUT2D eigenvalue weighted by Gasteiger charge is 2.10. The van der Waals surface area contributed by atoms with Gasteiger partial charge >= 0.3 is 0 Å². The molecule has 0 aromatic heterocycles. The van der Waals surface area contributed by atoms with Crippen LogP contribution in [0.2, 0.25) is 0 Å². The monoisotopic (exact) mass is 187 g/mol. The average Bonchev–Trinajstić information content (AvgIpc) is 2.65. The van der Waals surface area contributed by atoms with E-state index >= 15 is 0 Å². The van der Waals surface area contributed by atoms with Gasteiger partial charge in [-0.15, -0.1) is 0 Å². The number of nitrogens with two attached hydrogens (primary N) is 1. The lowest BCUT2D eigenvalue weighted by Gasteiger charge is -2.06. The van der Waals surface area contributed by atoms with Gasteiger partial charge in [-0.25, -0.2) is 4.99 Å². The van der Waals surface area contributed by atoms with Crippen LogP contribution in [0.1, 0.15) is 5.56 Å². The zero-order valence-corrected chi connectivity index (χ0v) is 8.14. The Hall–Kier alpha value is -1.77. The van der Waals surface area contributed by atoms with Crippen LogP contribution in [0.5, 0.6) is 0 Å². The van der Waals surface area contributed by atoms with Gasteiger partial charge in [0.25, 0.3) is 0 Å². The van der Waals surface area contributed by atoms with E-state index in [4.69, 9.17) is 5.73 Å². The van der Waals surface area contributed by atoms with Gasteiger partial charge in [0.15, 0.2) is 0 Å². The lowest BCUT2D eigenvalue weighted by atomic mass is 10.1. The molecule has 2 N–H and O–H groups in total. The molecule has 3 nitrogen and oxygen atoms in total. The summed E-state index contributed by atoms with van der Waals surface area (Å²) in [5.41, 5.74) is 8.75. The topological polar surface area (TPSA) is 41.6 Å². The molecule has 0 fully saturated rings. The van der Waals surface area contributed by atoms with Crippen molar-refractivity contribution in [1.29, 1.82) is 0 Å². The van der Waals surface area contributed by atoms with Crippen molar-refractivity contribution >= 4 is 12.0 Å². The largest absolute Gasteiger partial charge is 0.397 e. The minimum absolute atomic E-state index is 0.770. The van der Waals surface area contributed by atoms with Crippen molar-refractivity contribution in [2.24, 2.45) is 10.7 Å². The van der Waals surface area contributed by atoms with Crippen molar-refractivity contribution in [1.82, 2.24) is 4.90 Å². The summed E-state index contributed by atoms with van der Waals surface area (Å²) >= 11 is 0. The third-order valence-corrected chi connectivity index (χ3v) is 2.21. The van der Waals surface area contributed by atoms with Crippen molar-refractivity contribution < 1.29 is 0 Å². The first-order valence-electron chi connectivity index (χ1n) is 4.56. The minimum Gasteiger partial charge on any atom is -0.397 e.